The highest BCUT2D eigenvalue weighted by atomic mass is 32.2. The summed E-state index contributed by atoms with van der Waals surface area (Å²) in [4.78, 5) is 24.3. The van der Waals surface area contributed by atoms with Crippen LogP contribution in [0.25, 0.3) is 0 Å². The predicted octanol–water partition coefficient (Wildman–Crippen LogP) is 3.92. The van der Waals surface area contributed by atoms with E-state index in [4.69, 9.17) is 0 Å². The van der Waals surface area contributed by atoms with E-state index in [9.17, 15) is 22.4 Å². The Balaban J connectivity index is 1.70. The molecular formula is C24H24FN3O4S. The molecule has 0 heterocycles. The molecule has 3 N–H and O–H groups in total. The number of carbonyl (C=O) groups is 2. The zero-order valence-electron chi connectivity index (χ0n) is 18.4. The van der Waals surface area contributed by atoms with Gasteiger partial charge in [-0.3, -0.25) is 14.3 Å². The number of aryl methyl sites for hydroxylation is 3. The lowest BCUT2D eigenvalue weighted by Gasteiger charge is -2.14. The van der Waals surface area contributed by atoms with E-state index >= 15 is 0 Å². The third kappa shape index (κ3) is 6.17. The molecule has 0 spiro atoms. The molecule has 0 saturated carbocycles. The second-order valence-electron chi connectivity index (χ2n) is 7.65. The Morgan fingerprint density at radius 3 is 2.36 bits per heavy atom. The van der Waals surface area contributed by atoms with Crippen LogP contribution in [0.3, 0.4) is 0 Å². The molecule has 0 aliphatic rings. The summed E-state index contributed by atoms with van der Waals surface area (Å²) in [5, 5.41) is 4.96. The maximum Gasteiger partial charge on any atom is 0.262 e. The smallest absolute Gasteiger partial charge is 0.262 e. The van der Waals surface area contributed by atoms with E-state index in [-0.39, 0.29) is 22.7 Å². The van der Waals surface area contributed by atoms with Crippen molar-refractivity contribution in [3.63, 3.8) is 0 Å². The monoisotopic (exact) mass is 469 g/mol. The van der Waals surface area contributed by atoms with Crippen LogP contribution in [0, 0.1) is 26.6 Å². The summed E-state index contributed by atoms with van der Waals surface area (Å²) in [5.41, 5.74) is 3.12. The van der Waals surface area contributed by atoms with Crippen molar-refractivity contribution >= 4 is 33.2 Å². The van der Waals surface area contributed by atoms with Gasteiger partial charge in [-0.05, 0) is 68.3 Å². The fourth-order valence-corrected chi connectivity index (χ4v) is 4.60. The fraction of sp³-hybridized carbons (Fsp3) is 0.167. The van der Waals surface area contributed by atoms with Gasteiger partial charge in [-0.15, -0.1) is 0 Å². The van der Waals surface area contributed by atoms with Crippen molar-refractivity contribution in [3.05, 3.63) is 88.7 Å². The molecular weight excluding hydrogens is 445 g/mol. The first kappa shape index (κ1) is 23.9. The molecule has 3 aromatic carbocycles. The normalized spacial score (nSPS) is 11.0. The highest BCUT2D eigenvalue weighted by Crippen LogP contribution is 2.25. The molecule has 0 fully saturated rings. The summed E-state index contributed by atoms with van der Waals surface area (Å²) >= 11 is 0. The molecule has 33 heavy (non-hydrogen) atoms. The van der Waals surface area contributed by atoms with E-state index in [2.05, 4.69) is 15.4 Å². The fourth-order valence-electron chi connectivity index (χ4n) is 3.19. The van der Waals surface area contributed by atoms with Crippen LogP contribution in [-0.2, 0) is 14.8 Å². The Morgan fingerprint density at radius 1 is 0.909 bits per heavy atom. The van der Waals surface area contributed by atoms with Crippen molar-refractivity contribution in [3.8, 4) is 0 Å². The summed E-state index contributed by atoms with van der Waals surface area (Å²) in [7, 11) is -3.91. The third-order valence-corrected chi connectivity index (χ3v) is 6.39. The van der Waals surface area contributed by atoms with E-state index < -0.39 is 27.7 Å². The Hall–Kier alpha value is -3.72. The summed E-state index contributed by atoms with van der Waals surface area (Å²) < 4.78 is 41.8. The summed E-state index contributed by atoms with van der Waals surface area (Å²) in [6.07, 6.45) is 0. The molecule has 0 radical (unpaired) electrons. The van der Waals surface area contributed by atoms with Crippen LogP contribution in [-0.4, -0.2) is 26.8 Å². The van der Waals surface area contributed by atoms with Gasteiger partial charge < -0.3 is 10.6 Å². The van der Waals surface area contributed by atoms with Crippen molar-refractivity contribution in [2.24, 2.45) is 0 Å². The summed E-state index contributed by atoms with van der Waals surface area (Å²) in [5.74, 6) is -1.72. The molecule has 0 aliphatic carbocycles. The Bertz CT molecular complexity index is 1320. The zero-order chi connectivity index (χ0) is 24.2. The van der Waals surface area contributed by atoms with Crippen LogP contribution in [0.1, 0.15) is 27.0 Å². The van der Waals surface area contributed by atoms with Gasteiger partial charge in [-0.25, -0.2) is 12.8 Å². The second-order valence-corrected chi connectivity index (χ2v) is 9.30. The number of nitrogens with one attached hydrogen (secondary N) is 3. The largest absolute Gasteiger partial charge is 0.343 e. The number of amides is 2. The van der Waals surface area contributed by atoms with Crippen LogP contribution in [0.2, 0.25) is 0 Å². The van der Waals surface area contributed by atoms with E-state index in [1.54, 1.807) is 25.1 Å². The van der Waals surface area contributed by atoms with Crippen LogP contribution in [0.15, 0.2) is 65.6 Å². The highest BCUT2D eigenvalue weighted by Gasteiger charge is 2.19. The quantitative estimate of drug-likeness (QED) is 0.488. The van der Waals surface area contributed by atoms with Crippen LogP contribution in [0.5, 0.6) is 0 Å². The van der Waals surface area contributed by atoms with Gasteiger partial charge in [0.15, 0.2) is 0 Å². The van der Waals surface area contributed by atoms with Crippen molar-refractivity contribution in [1.82, 2.24) is 5.32 Å². The predicted molar refractivity (Wildman–Crippen MR) is 125 cm³/mol. The zero-order valence-corrected chi connectivity index (χ0v) is 19.2. The average Bonchev–Trinajstić information content (AvgIpc) is 2.75. The second kappa shape index (κ2) is 9.83. The number of carbonyl (C=O) groups excluding carboxylic acids is 2. The molecule has 0 bridgehead atoms. The minimum absolute atomic E-state index is 0.0177. The standard InChI is InChI=1S/C24H24FN3O4S/c1-15-7-10-21(17(3)11-15)28-33(31,32)22-13-20(9-8-16(22)2)27-23(29)14-26-24(30)18-5-4-6-19(25)12-18/h4-13,28H,14H2,1-3H3,(H,26,30)(H,27,29). The van der Waals surface area contributed by atoms with Gasteiger partial charge in [0, 0.05) is 11.3 Å². The topological polar surface area (TPSA) is 104 Å². The van der Waals surface area contributed by atoms with Crippen molar-refractivity contribution in [1.29, 1.82) is 0 Å². The lowest BCUT2D eigenvalue weighted by molar-refractivity contribution is -0.115. The maximum atomic E-state index is 13.2. The minimum atomic E-state index is -3.91. The van der Waals surface area contributed by atoms with Gasteiger partial charge in [0.1, 0.15) is 5.82 Å². The molecule has 0 atom stereocenters. The Labute approximate surface area is 192 Å². The maximum absolute atomic E-state index is 13.2. The molecule has 9 heteroatoms. The lowest BCUT2D eigenvalue weighted by atomic mass is 10.1. The summed E-state index contributed by atoms with van der Waals surface area (Å²) in [6.45, 7) is 5.02. The van der Waals surface area contributed by atoms with Gasteiger partial charge in [0.25, 0.3) is 15.9 Å². The number of rotatable bonds is 7. The molecule has 0 aromatic heterocycles. The number of halogens is 1. The number of benzene rings is 3. The minimum Gasteiger partial charge on any atom is -0.343 e. The van der Waals surface area contributed by atoms with Gasteiger partial charge in [-0.2, -0.15) is 0 Å². The van der Waals surface area contributed by atoms with E-state index in [1.807, 2.05) is 26.0 Å². The Morgan fingerprint density at radius 2 is 1.67 bits per heavy atom. The molecule has 3 aromatic rings. The molecule has 172 valence electrons. The summed E-state index contributed by atoms with van der Waals surface area (Å²) in [6, 6.07) is 15.0. The van der Waals surface area contributed by atoms with Gasteiger partial charge in [-0.1, -0.05) is 29.8 Å². The van der Waals surface area contributed by atoms with Crippen molar-refractivity contribution in [2.45, 2.75) is 25.7 Å². The van der Waals surface area contributed by atoms with Gasteiger partial charge in [0.2, 0.25) is 5.91 Å². The van der Waals surface area contributed by atoms with Crippen LogP contribution in [0.4, 0.5) is 15.8 Å². The van der Waals surface area contributed by atoms with Crippen molar-refractivity contribution < 1.29 is 22.4 Å². The van der Waals surface area contributed by atoms with Crippen LogP contribution < -0.4 is 15.4 Å². The number of anilines is 2. The first-order valence-corrected chi connectivity index (χ1v) is 11.6. The Kier molecular flexibility index (Phi) is 7.13. The number of hydrogen-bond donors (Lipinski definition) is 3. The first-order chi connectivity index (χ1) is 15.5. The lowest BCUT2D eigenvalue weighted by Crippen LogP contribution is -2.32. The third-order valence-electron chi connectivity index (χ3n) is 4.88. The molecule has 3 rings (SSSR count). The number of hydrogen-bond acceptors (Lipinski definition) is 4. The molecule has 2 amide bonds. The SMILES string of the molecule is Cc1ccc(NS(=O)(=O)c2cc(NC(=O)CNC(=O)c3cccc(F)c3)ccc2C)c(C)c1. The molecule has 7 nitrogen and oxygen atoms in total. The van der Waals surface area contributed by atoms with E-state index in [1.165, 1.54) is 24.3 Å². The van der Waals surface area contributed by atoms with Crippen molar-refractivity contribution in [2.75, 3.05) is 16.6 Å². The molecule has 0 aliphatic heterocycles. The average molecular weight is 470 g/mol. The molecule has 0 saturated heterocycles. The van der Waals surface area contributed by atoms with Crippen LogP contribution >= 0.6 is 0 Å². The first-order valence-electron chi connectivity index (χ1n) is 10.1. The van der Waals surface area contributed by atoms with E-state index in [0.29, 0.717) is 11.3 Å². The van der Waals surface area contributed by atoms with Gasteiger partial charge in [0.05, 0.1) is 17.1 Å². The number of sulfonamides is 1. The van der Waals surface area contributed by atoms with E-state index in [0.717, 1.165) is 17.2 Å². The molecule has 0 unspecified atom stereocenters. The highest BCUT2D eigenvalue weighted by molar-refractivity contribution is 7.92. The van der Waals surface area contributed by atoms with Gasteiger partial charge >= 0.3 is 0 Å².